The van der Waals surface area contributed by atoms with Gasteiger partial charge in [-0.3, -0.25) is 0 Å². The molecule has 0 amide bonds. The molecule has 48 valence electrons. The van der Waals surface area contributed by atoms with Gasteiger partial charge < -0.3 is 10.1 Å². The van der Waals surface area contributed by atoms with Crippen LogP contribution in [-0.2, 0) is 0 Å². The van der Waals surface area contributed by atoms with Crippen LogP contribution in [0, 0.1) is 0 Å². The Labute approximate surface area is 49.6 Å². The van der Waals surface area contributed by atoms with Gasteiger partial charge in [0.05, 0.1) is 0 Å². The van der Waals surface area contributed by atoms with Gasteiger partial charge in [0.2, 0.25) is 0 Å². The molecule has 0 fully saturated rings. The summed E-state index contributed by atoms with van der Waals surface area (Å²) < 4.78 is 0. The van der Waals surface area contributed by atoms with Crippen molar-refractivity contribution >= 4 is 6.34 Å². The summed E-state index contributed by atoms with van der Waals surface area (Å²) in [5.41, 5.74) is 0. The zero-order valence-electron chi connectivity index (χ0n) is 5.33. The first-order valence-electron chi connectivity index (χ1n) is 2.69. The van der Waals surface area contributed by atoms with Crippen LogP contribution in [0.4, 0.5) is 0 Å². The van der Waals surface area contributed by atoms with E-state index in [1.165, 1.54) is 6.34 Å². The van der Waals surface area contributed by atoms with Gasteiger partial charge >= 0.3 is 0 Å². The van der Waals surface area contributed by atoms with Crippen LogP contribution in [0.2, 0.25) is 0 Å². The molecule has 0 spiro atoms. The van der Waals surface area contributed by atoms with Gasteiger partial charge in [0.1, 0.15) is 6.34 Å². The standard InChI is InChI=1S/C5H12N2O/c1-3-4-7(2)5-6-8/h5,8H,3-4H2,1-2H3. The molecule has 0 atom stereocenters. The highest BCUT2D eigenvalue weighted by molar-refractivity contribution is 5.53. The maximum Gasteiger partial charge on any atom is 0.130 e. The SMILES string of the molecule is CCCN(C)C=NO. The summed E-state index contributed by atoms with van der Waals surface area (Å²) >= 11 is 0. The highest BCUT2D eigenvalue weighted by Gasteiger charge is 1.84. The van der Waals surface area contributed by atoms with Crippen LogP contribution in [0.25, 0.3) is 0 Å². The Balaban J connectivity index is 3.17. The average Bonchev–Trinajstić information content (AvgIpc) is 1.68. The van der Waals surface area contributed by atoms with E-state index < -0.39 is 0 Å². The second-order valence-electron chi connectivity index (χ2n) is 1.71. The van der Waals surface area contributed by atoms with Gasteiger partial charge in [-0.05, 0) is 6.42 Å². The van der Waals surface area contributed by atoms with Crippen LogP contribution in [0.15, 0.2) is 5.16 Å². The molecule has 3 heteroatoms. The number of hydrogen-bond acceptors (Lipinski definition) is 2. The fraction of sp³-hybridized carbons (Fsp3) is 0.800. The van der Waals surface area contributed by atoms with E-state index in [0.717, 1.165) is 13.0 Å². The summed E-state index contributed by atoms with van der Waals surface area (Å²) in [6.07, 6.45) is 2.46. The summed E-state index contributed by atoms with van der Waals surface area (Å²) in [5, 5.41) is 10.8. The average molecular weight is 116 g/mol. The molecule has 0 aromatic carbocycles. The molecule has 0 saturated heterocycles. The Morgan fingerprint density at radius 2 is 2.38 bits per heavy atom. The zero-order chi connectivity index (χ0) is 6.41. The lowest BCUT2D eigenvalue weighted by molar-refractivity contribution is 0.311. The second kappa shape index (κ2) is 4.43. The molecule has 0 heterocycles. The first kappa shape index (κ1) is 7.27. The summed E-state index contributed by atoms with van der Waals surface area (Å²) in [5.74, 6) is 0. The van der Waals surface area contributed by atoms with Gasteiger partial charge in [0.25, 0.3) is 0 Å². The van der Waals surface area contributed by atoms with Crippen molar-refractivity contribution < 1.29 is 5.21 Å². The minimum absolute atomic E-state index is 0.935. The summed E-state index contributed by atoms with van der Waals surface area (Å²) in [6, 6.07) is 0. The number of oxime groups is 1. The van der Waals surface area contributed by atoms with Crippen molar-refractivity contribution in [3.8, 4) is 0 Å². The molecule has 0 saturated carbocycles. The van der Waals surface area contributed by atoms with Crippen LogP contribution in [0.1, 0.15) is 13.3 Å². The maximum absolute atomic E-state index is 7.99. The monoisotopic (exact) mass is 116 g/mol. The van der Waals surface area contributed by atoms with Crippen molar-refractivity contribution in [2.24, 2.45) is 5.16 Å². The molecule has 0 radical (unpaired) electrons. The van der Waals surface area contributed by atoms with Crippen LogP contribution in [0.5, 0.6) is 0 Å². The lowest BCUT2D eigenvalue weighted by Crippen LogP contribution is -2.16. The van der Waals surface area contributed by atoms with E-state index in [1.54, 1.807) is 0 Å². The first-order chi connectivity index (χ1) is 3.81. The number of nitrogens with zero attached hydrogens (tertiary/aromatic N) is 2. The van der Waals surface area contributed by atoms with Crippen molar-refractivity contribution in [3.05, 3.63) is 0 Å². The van der Waals surface area contributed by atoms with Gasteiger partial charge in [-0.2, -0.15) is 0 Å². The zero-order valence-corrected chi connectivity index (χ0v) is 5.33. The predicted octanol–water partition coefficient (Wildman–Crippen LogP) is 0.746. The third kappa shape index (κ3) is 3.46. The molecule has 0 unspecified atom stereocenters. The summed E-state index contributed by atoms with van der Waals surface area (Å²) in [7, 11) is 1.86. The first-order valence-corrected chi connectivity index (χ1v) is 2.69. The lowest BCUT2D eigenvalue weighted by Gasteiger charge is -2.08. The molecule has 0 bridgehead atoms. The van der Waals surface area contributed by atoms with Gasteiger partial charge in [-0.25, -0.2) is 0 Å². The molecule has 0 aliphatic carbocycles. The van der Waals surface area contributed by atoms with Crippen LogP contribution < -0.4 is 0 Å². The minimum atomic E-state index is 0.935. The van der Waals surface area contributed by atoms with Crippen molar-refractivity contribution in [3.63, 3.8) is 0 Å². The molecular formula is C5H12N2O. The Kier molecular flexibility index (Phi) is 4.03. The molecule has 0 aliphatic heterocycles. The van der Waals surface area contributed by atoms with Gasteiger partial charge in [-0.15, -0.1) is 0 Å². The van der Waals surface area contributed by atoms with Gasteiger partial charge in [0.15, 0.2) is 0 Å². The van der Waals surface area contributed by atoms with Crippen molar-refractivity contribution in [2.45, 2.75) is 13.3 Å². The van der Waals surface area contributed by atoms with Crippen molar-refractivity contribution in [1.29, 1.82) is 0 Å². The van der Waals surface area contributed by atoms with Crippen molar-refractivity contribution in [2.75, 3.05) is 13.6 Å². The molecule has 0 rings (SSSR count). The van der Waals surface area contributed by atoms with Gasteiger partial charge in [-0.1, -0.05) is 12.1 Å². The fourth-order valence-electron chi connectivity index (χ4n) is 0.499. The van der Waals surface area contributed by atoms with E-state index in [2.05, 4.69) is 12.1 Å². The quantitative estimate of drug-likeness (QED) is 0.255. The topological polar surface area (TPSA) is 35.8 Å². The van der Waals surface area contributed by atoms with E-state index >= 15 is 0 Å². The molecule has 0 aromatic rings. The Bertz CT molecular complexity index is 72.8. The molecule has 0 aliphatic rings. The largest absolute Gasteiger partial charge is 0.410 e. The number of rotatable bonds is 3. The Morgan fingerprint density at radius 1 is 1.75 bits per heavy atom. The molecule has 3 nitrogen and oxygen atoms in total. The van der Waals surface area contributed by atoms with Crippen LogP contribution >= 0.6 is 0 Å². The van der Waals surface area contributed by atoms with Gasteiger partial charge in [0, 0.05) is 13.6 Å². The van der Waals surface area contributed by atoms with Crippen molar-refractivity contribution in [1.82, 2.24) is 4.90 Å². The van der Waals surface area contributed by atoms with Crippen LogP contribution in [0.3, 0.4) is 0 Å². The lowest BCUT2D eigenvalue weighted by atomic mass is 10.5. The minimum Gasteiger partial charge on any atom is -0.410 e. The van der Waals surface area contributed by atoms with E-state index in [4.69, 9.17) is 5.21 Å². The van der Waals surface area contributed by atoms with E-state index in [-0.39, 0.29) is 0 Å². The molecule has 0 aromatic heterocycles. The summed E-state index contributed by atoms with van der Waals surface area (Å²) in [4.78, 5) is 1.82. The van der Waals surface area contributed by atoms with Crippen LogP contribution in [-0.4, -0.2) is 30.0 Å². The Hall–Kier alpha value is -0.730. The molecular weight excluding hydrogens is 104 g/mol. The highest BCUT2D eigenvalue weighted by Crippen LogP contribution is 1.79. The maximum atomic E-state index is 7.99. The highest BCUT2D eigenvalue weighted by atomic mass is 16.4. The smallest absolute Gasteiger partial charge is 0.130 e. The molecule has 1 N–H and O–H groups in total. The van der Waals surface area contributed by atoms with E-state index in [0.29, 0.717) is 0 Å². The normalized spacial score (nSPS) is 10.2. The number of hydrogen-bond donors (Lipinski definition) is 1. The van der Waals surface area contributed by atoms with E-state index in [9.17, 15) is 0 Å². The second-order valence-corrected chi connectivity index (χ2v) is 1.71. The third-order valence-electron chi connectivity index (χ3n) is 0.825. The summed E-state index contributed by atoms with van der Waals surface area (Å²) in [6.45, 7) is 3.01. The third-order valence-corrected chi connectivity index (χ3v) is 0.825. The van der Waals surface area contributed by atoms with E-state index in [1.807, 2.05) is 11.9 Å². The predicted molar refractivity (Wildman–Crippen MR) is 33.2 cm³/mol. The Morgan fingerprint density at radius 3 is 2.75 bits per heavy atom. The molecule has 8 heavy (non-hydrogen) atoms. The fourth-order valence-corrected chi connectivity index (χ4v) is 0.499.